The Morgan fingerprint density at radius 1 is 1.00 bits per heavy atom. The molecule has 0 saturated carbocycles. The number of aromatic nitrogens is 1. The van der Waals surface area contributed by atoms with Crippen LogP contribution in [-0.2, 0) is 6.54 Å². The van der Waals surface area contributed by atoms with Crippen LogP contribution in [0.2, 0.25) is 0 Å². The predicted octanol–water partition coefficient (Wildman–Crippen LogP) is 2.75. The van der Waals surface area contributed by atoms with Crippen molar-refractivity contribution in [2.45, 2.75) is 6.54 Å². The zero-order valence-electron chi connectivity index (χ0n) is 11.4. The quantitative estimate of drug-likeness (QED) is 0.723. The molecular weight excluding hydrogens is 262 g/mol. The van der Waals surface area contributed by atoms with E-state index in [0.29, 0.717) is 17.9 Å². The van der Waals surface area contributed by atoms with E-state index in [2.05, 4.69) is 10.3 Å². The lowest BCUT2D eigenvalue weighted by Crippen LogP contribution is -2.24. The largest absolute Gasteiger partial charge is 0.398 e. The van der Waals surface area contributed by atoms with Crippen LogP contribution in [0.5, 0.6) is 0 Å². The summed E-state index contributed by atoms with van der Waals surface area (Å²) in [6.07, 6.45) is 1.61. The van der Waals surface area contributed by atoms with E-state index in [1.165, 1.54) is 0 Å². The van der Waals surface area contributed by atoms with Crippen LogP contribution in [0.15, 0.2) is 60.8 Å². The van der Waals surface area contributed by atoms with Gasteiger partial charge in [-0.2, -0.15) is 0 Å². The monoisotopic (exact) mass is 277 g/mol. The molecule has 1 heterocycles. The molecule has 3 aromatic rings. The van der Waals surface area contributed by atoms with Gasteiger partial charge in [0.2, 0.25) is 0 Å². The number of pyridine rings is 1. The number of amides is 1. The van der Waals surface area contributed by atoms with Crippen molar-refractivity contribution in [1.29, 1.82) is 0 Å². The number of anilines is 1. The Hall–Kier alpha value is -2.88. The molecule has 0 aliphatic heterocycles. The molecule has 21 heavy (non-hydrogen) atoms. The molecule has 4 nitrogen and oxygen atoms in total. The number of benzene rings is 2. The van der Waals surface area contributed by atoms with Gasteiger partial charge in [0.15, 0.2) is 0 Å². The maximum absolute atomic E-state index is 12.3. The summed E-state index contributed by atoms with van der Waals surface area (Å²) in [7, 11) is 0. The zero-order chi connectivity index (χ0) is 14.7. The first kappa shape index (κ1) is 13.1. The molecule has 3 rings (SSSR count). The first-order valence-electron chi connectivity index (χ1n) is 6.71. The number of carbonyl (C=O) groups is 1. The number of rotatable bonds is 3. The minimum Gasteiger partial charge on any atom is -0.398 e. The molecular formula is C17H15N3O. The maximum atomic E-state index is 12.3. The second-order valence-electron chi connectivity index (χ2n) is 4.77. The average Bonchev–Trinajstić information content (AvgIpc) is 2.53. The number of nitrogens with zero attached hydrogens (tertiary/aromatic N) is 1. The molecule has 0 bridgehead atoms. The van der Waals surface area contributed by atoms with Crippen LogP contribution in [0.4, 0.5) is 5.69 Å². The van der Waals surface area contributed by atoms with Gasteiger partial charge < -0.3 is 11.1 Å². The minimum atomic E-state index is -0.199. The van der Waals surface area contributed by atoms with Crippen LogP contribution in [0.25, 0.3) is 10.8 Å². The Kier molecular flexibility index (Phi) is 3.51. The molecule has 0 radical (unpaired) electrons. The Balaban J connectivity index is 1.87. The van der Waals surface area contributed by atoms with E-state index < -0.39 is 0 Å². The first-order valence-corrected chi connectivity index (χ1v) is 6.71. The number of nitrogen functional groups attached to an aromatic ring is 1. The molecule has 3 N–H and O–H groups in total. The smallest absolute Gasteiger partial charge is 0.270 e. The van der Waals surface area contributed by atoms with Crippen LogP contribution in [0, 0.1) is 0 Å². The van der Waals surface area contributed by atoms with Crippen LogP contribution in [0.3, 0.4) is 0 Å². The fraction of sp³-hybridized carbons (Fsp3) is 0.0588. The van der Waals surface area contributed by atoms with E-state index in [4.69, 9.17) is 5.73 Å². The third-order valence-electron chi connectivity index (χ3n) is 3.35. The second-order valence-corrected chi connectivity index (χ2v) is 4.77. The highest BCUT2D eigenvalue weighted by Gasteiger charge is 2.12. The van der Waals surface area contributed by atoms with E-state index in [-0.39, 0.29) is 5.91 Å². The summed E-state index contributed by atoms with van der Waals surface area (Å²) >= 11 is 0. The van der Waals surface area contributed by atoms with E-state index >= 15 is 0 Å². The molecule has 0 unspecified atom stereocenters. The van der Waals surface area contributed by atoms with E-state index in [1.54, 1.807) is 6.20 Å². The number of hydrogen-bond donors (Lipinski definition) is 2. The number of carbonyl (C=O) groups excluding carboxylic acids is 1. The van der Waals surface area contributed by atoms with Crippen molar-refractivity contribution >= 4 is 22.4 Å². The lowest BCUT2D eigenvalue weighted by Gasteiger charge is -2.08. The van der Waals surface area contributed by atoms with Gasteiger partial charge in [-0.05, 0) is 17.7 Å². The van der Waals surface area contributed by atoms with Gasteiger partial charge in [0.1, 0.15) is 5.69 Å². The van der Waals surface area contributed by atoms with Crippen LogP contribution >= 0.6 is 0 Å². The average molecular weight is 277 g/mol. The Morgan fingerprint density at radius 2 is 1.81 bits per heavy atom. The molecule has 0 aliphatic rings. The summed E-state index contributed by atoms with van der Waals surface area (Å²) in [6.45, 7) is 0.472. The maximum Gasteiger partial charge on any atom is 0.270 e. The summed E-state index contributed by atoms with van der Waals surface area (Å²) in [6, 6.07) is 17.1. The fourth-order valence-electron chi connectivity index (χ4n) is 2.27. The Bertz CT molecular complexity index is 784. The van der Waals surface area contributed by atoms with Crippen molar-refractivity contribution in [2.75, 3.05) is 5.73 Å². The highest BCUT2D eigenvalue weighted by molar-refractivity contribution is 6.07. The van der Waals surface area contributed by atoms with Crippen molar-refractivity contribution in [3.05, 3.63) is 72.1 Å². The summed E-state index contributed by atoms with van der Waals surface area (Å²) in [4.78, 5) is 16.5. The molecule has 1 aromatic heterocycles. The lowest BCUT2D eigenvalue weighted by molar-refractivity contribution is 0.0948. The molecule has 2 aromatic carbocycles. The predicted molar refractivity (Wildman–Crippen MR) is 83.8 cm³/mol. The second kappa shape index (κ2) is 5.63. The van der Waals surface area contributed by atoms with Crippen LogP contribution in [0.1, 0.15) is 16.1 Å². The molecule has 0 saturated heterocycles. The van der Waals surface area contributed by atoms with Crippen molar-refractivity contribution in [3.8, 4) is 0 Å². The molecule has 1 amide bonds. The standard InChI is InChI=1S/C17H15N3O/c18-15-8-4-7-14-13(15)9-10-19-16(14)17(21)20-11-12-5-2-1-3-6-12/h1-10H,11,18H2,(H,20,21). The first-order chi connectivity index (χ1) is 10.3. The summed E-state index contributed by atoms with van der Waals surface area (Å²) in [5.41, 5.74) is 8.02. The molecule has 104 valence electrons. The number of hydrogen-bond acceptors (Lipinski definition) is 3. The van der Waals surface area contributed by atoms with Crippen LogP contribution in [-0.4, -0.2) is 10.9 Å². The lowest BCUT2D eigenvalue weighted by atomic mass is 10.1. The molecule has 0 fully saturated rings. The number of nitrogens with two attached hydrogens (primary N) is 1. The summed E-state index contributed by atoms with van der Waals surface area (Å²) in [5, 5.41) is 4.50. The SMILES string of the molecule is Nc1cccc2c(C(=O)NCc3ccccc3)nccc12. The topological polar surface area (TPSA) is 68.0 Å². The van der Waals surface area contributed by atoms with Gasteiger partial charge in [0.25, 0.3) is 5.91 Å². The fourth-order valence-corrected chi connectivity index (χ4v) is 2.27. The summed E-state index contributed by atoms with van der Waals surface area (Å²) < 4.78 is 0. The zero-order valence-corrected chi connectivity index (χ0v) is 11.4. The molecule has 0 aliphatic carbocycles. The third-order valence-corrected chi connectivity index (χ3v) is 3.35. The van der Waals surface area contributed by atoms with E-state index in [9.17, 15) is 4.79 Å². The van der Waals surface area contributed by atoms with Gasteiger partial charge >= 0.3 is 0 Å². The highest BCUT2D eigenvalue weighted by Crippen LogP contribution is 2.22. The van der Waals surface area contributed by atoms with Gasteiger partial charge in [-0.3, -0.25) is 9.78 Å². The number of fused-ring (bicyclic) bond motifs is 1. The van der Waals surface area contributed by atoms with Gasteiger partial charge in [-0.15, -0.1) is 0 Å². The van der Waals surface area contributed by atoms with Crippen molar-refractivity contribution in [2.24, 2.45) is 0 Å². The molecule has 0 atom stereocenters. The minimum absolute atomic E-state index is 0.199. The third kappa shape index (κ3) is 2.69. The van der Waals surface area contributed by atoms with Crippen molar-refractivity contribution in [1.82, 2.24) is 10.3 Å². The number of nitrogens with one attached hydrogen (secondary N) is 1. The van der Waals surface area contributed by atoms with Crippen molar-refractivity contribution < 1.29 is 4.79 Å². The van der Waals surface area contributed by atoms with Crippen LogP contribution < -0.4 is 11.1 Å². The Morgan fingerprint density at radius 3 is 2.62 bits per heavy atom. The van der Waals surface area contributed by atoms with Gasteiger partial charge in [-0.1, -0.05) is 42.5 Å². The molecule has 0 spiro atoms. The normalized spacial score (nSPS) is 10.5. The van der Waals surface area contributed by atoms with E-state index in [0.717, 1.165) is 16.3 Å². The van der Waals surface area contributed by atoms with Gasteiger partial charge in [-0.25, -0.2) is 0 Å². The molecule has 4 heteroatoms. The van der Waals surface area contributed by atoms with Gasteiger partial charge in [0.05, 0.1) is 0 Å². The van der Waals surface area contributed by atoms with Crippen molar-refractivity contribution in [3.63, 3.8) is 0 Å². The highest BCUT2D eigenvalue weighted by atomic mass is 16.1. The summed E-state index contributed by atoms with van der Waals surface area (Å²) in [5.74, 6) is -0.199. The van der Waals surface area contributed by atoms with Gasteiger partial charge in [0, 0.05) is 29.2 Å². The van der Waals surface area contributed by atoms with E-state index in [1.807, 2.05) is 54.6 Å². The Labute approximate surface area is 122 Å².